The van der Waals surface area contributed by atoms with Gasteiger partial charge in [0.1, 0.15) is 0 Å². The number of H-pyrrole nitrogens is 1. The van der Waals surface area contributed by atoms with E-state index in [1.54, 1.807) is 0 Å². The third-order valence-corrected chi connectivity index (χ3v) is 8.45. The first-order valence-electron chi connectivity index (χ1n) is 9.58. The number of benzene rings is 2. The number of nitrogens with one attached hydrogen (secondary N) is 1. The largest absolute Gasteiger partial charge is 0.355 e. The van der Waals surface area contributed by atoms with Crippen LogP contribution in [-0.2, 0) is 0 Å². The van der Waals surface area contributed by atoms with Gasteiger partial charge in [-0.2, -0.15) is 0 Å². The summed E-state index contributed by atoms with van der Waals surface area (Å²) in [5, 5.41) is 3.96. The first-order chi connectivity index (χ1) is 11.8. The molecule has 2 aromatic carbocycles. The fraction of sp³-hybridized carbons (Fsp3) is 0.500. The number of hydrogen-bond acceptors (Lipinski definition) is 0. The van der Waals surface area contributed by atoms with Gasteiger partial charge >= 0.3 is 0 Å². The first-order valence-corrected chi connectivity index (χ1v) is 10.9. The van der Waals surface area contributed by atoms with Crippen molar-refractivity contribution in [2.45, 2.75) is 77.8 Å². The molecular formula is C24H36NP. The van der Waals surface area contributed by atoms with E-state index in [0.717, 1.165) is 0 Å². The Kier molecular flexibility index (Phi) is 5.93. The Bertz CT molecular complexity index is 770. The van der Waals surface area contributed by atoms with Crippen LogP contribution < -0.4 is 0 Å². The van der Waals surface area contributed by atoms with Gasteiger partial charge in [-0.25, -0.2) is 0 Å². The molecule has 1 N–H and O–H groups in total. The predicted molar refractivity (Wildman–Crippen MR) is 122 cm³/mol. The molecule has 0 saturated carbocycles. The van der Waals surface area contributed by atoms with Gasteiger partial charge in [-0.15, -0.1) is 0 Å². The molecule has 0 aliphatic heterocycles. The second kappa shape index (κ2) is 7.35. The second-order valence-electron chi connectivity index (χ2n) is 10.1. The van der Waals surface area contributed by atoms with E-state index in [2.05, 4.69) is 116 Å². The van der Waals surface area contributed by atoms with Crippen LogP contribution in [0.3, 0.4) is 0 Å². The Hall–Kier alpha value is -1.33. The molecule has 1 heterocycles. The van der Waals surface area contributed by atoms with E-state index in [1.165, 1.54) is 21.8 Å². The molecule has 0 bridgehead atoms. The zero-order chi connectivity index (χ0) is 19.8. The molecule has 0 fully saturated rings. The van der Waals surface area contributed by atoms with Gasteiger partial charge in [-0.3, -0.25) is 0 Å². The average molecular weight is 370 g/mol. The van der Waals surface area contributed by atoms with Crippen molar-refractivity contribution in [3.8, 4) is 0 Å². The lowest BCUT2D eigenvalue weighted by Gasteiger charge is -2.49. The summed E-state index contributed by atoms with van der Waals surface area (Å²) in [6.07, 6.45) is 0. The highest BCUT2D eigenvalue weighted by Gasteiger charge is 2.41. The third-order valence-electron chi connectivity index (χ3n) is 4.43. The highest BCUT2D eigenvalue weighted by Crippen LogP contribution is 2.66. The summed E-state index contributed by atoms with van der Waals surface area (Å²) < 4.78 is 0. The smallest absolute Gasteiger partial charge is 0.0464 e. The lowest BCUT2D eigenvalue weighted by Crippen LogP contribution is -2.34. The van der Waals surface area contributed by atoms with Gasteiger partial charge < -0.3 is 4.98 Å². The van der Waals surface area contributed by atoms with Crippen LogP contribution in [0.25, 0.3) is 21.8 Å². The summed E-state index contributed by atoms with van der Waals surface area (Å²) in [6, 6.07) is 16.8. The van der Waals surface area contributed by atoms with E-state index in [-0.39, 0.29) is 7.92 Å². The molecule has 0 unspecified atom stereocenters. The number of fused-ring (bicyclic) bond motifs is 3. The number of aromatic nitrogens is 1. The fourth-order valence-electron chi connectivity index (χ4n) is 4.82. The van der Waals surface area contributed by atoms with E-state index in [1.807, 2.05) is 0 Å². The Morgan fingerprint density at radius 1 is 0.538 bits per heavy atom. The van der Waals surface area contributed by atoms with Gasteiger partial charge in [0.05, 0.1) is 0 Å². The molecule has 0 aliphatic carbocycles. The maximum Gasteiger partial charge on any atom is 0.0464 e. The van der Waals surface area contributed by atoms with Gasteiger partial charge in [0.25, 0.3) is 0 Å². The fourth-order valence-corrected chi connectivity index (χ4v) is 10.9. The average Bonchev–Trinajstić information content (AvgIpc) is 2.81. The van der Waals surface area contributed by atoms with Gasteiger partial charge in [-0.05, 0) is 27.6 Å². The van der Waals surface area contributed by atoms with E-state index < -0.39 is 0 Å². The lowest BCUT2D eigenvalue weighted by molar-refractivity contribution is 0.644. The number of para-hydroxylation sites is 2. The molecule has 142 valence electrons. The van der Waals surface area contributed by atoms with Crippen LogP contribution in [0, 0.1) is 0 Å². The minimum atomic E-state index is 0.0162. The Morgan fingerprint density at radius 3 is 1.12 bits per heavy atom. The van der Waals surface area contributed by atoms with Crippen molar-refractivity contribution >= 4 is 29.7 Å². The van der Waals surface area contributed by atoms with Crippen LogP contribution in [0.5, 0.6) is 0 Å². The lowest BCUT2D eigenvalue weighted by atomic mass is 10.2. The molecule has 2 heteroatoms. The topological polar surface area (TPSA) is 15.8 Å². The monoisotopic (exact) mass is 369 g/mol. The van der Waals surface area contributed by atoms with Gasteiger partial charge in [0.2, 0.25) is 0 Å². The maximum absolute atomic E-state index is 3.38. The van der Waals surface area contributed by atoms with Crippen molar-refractivity contribution in [1.29, 1.82) is 0 Å². The third kappa shape index (κ3) is 4.89. The molecule has 1 aromatic heterocycles. The highest BCUT2D eigenvalue weighted by molar-refractivity contribution is 7.62. The Balaban J connectivity index is 0.000000187. The summed E-state index contributed by atoms with van der Waals surface area (Å²) >= 11 is 0. The molecule has 3 aromatic rings. The van der Waals surface area contributed by atoms with Crippen molar-refractivity contribution in [3.63, 3.8) is 0 Å². The molecule has 0 radical (unpaired) electrons. The summed E-state index contributed by atoms with van der Waals surface area (Å²) in [6.45, 7) is 21.5. The SMILES string of the molecule is CC(C)(C)P(C(C)(C)C)C(C)(C)C.c1ccc2c(c1)[nH]c1ccccc12. The Labute approximate surface area is 161 Å². The van der Waals surface area contributed by atoms with Gasteiger partial charge in [0.15, 0.2) is 0 Å². The van der Waals surface area contributed by atoms with Crippen molar-refractivity contribution in [3.05, 3.63) is 48.5 Å². The minimum Gasteiger partial charge on any atom is -0.355 e. The van der Waals surface area contributed by atoms with Crippen LogP contribution in [0.4, 0.5) is 0 Å². The summed E-state index contributed by atoms with van der Waals surface area (Å²) in [4.78, 5) is 3.38. The van der Waals surface area contributed by atoms with Crippen LogP contribution in [0.1, 0.15) is 62.3 Å². The van der Waals surface area contributed by atoms with Gasteiger partial charge in [-0.1, -0.05) is 107 Å². The maximum atomic E-state index is 3.38. The number of hydrogen-bond donors (Lipinski definition) is 1. The molecule has 0 atom stereocenters. The normalized spacial score (nSPS) is 13.2. The van der Waals surface area contributed by atoms with Crippen LogP contribution in [-0.4, -0.2) is 20.5 Å². The van der Waals surface area contributed by atoms with E-state index in [4.69, 9.17) is 0 Å². The van der Waals surface area contributed by atoms with Crippen molar-refractivity contribution in [2.24, 2.45) is 0 Å². The zero-order valence-corrected chi connectivity index (χ0v) is 19.0. The molecule has 0 saturated heterocycles. The summed E-state index contributed by atoms with van der Waals surface area (Å²) in [7, 11) is 0.0162. The van der Waals surface area contributed by atoms with Crippen LogP contribution in [0.15, 0.2) is 48.5 Å². The molecule has 0 spiro atoms. The van der Waals surface area contributed by atoms with Crippen LogP contribution >= 0.6 is 7.92 Å². The van der Waals surface area contributed by atoms with Gasteiger partial charge in [0, 0.05) is 21.8 Å². The molecule has 3 rings (SSSR count). The van der Waals surface area contributed by atoms with E-state index in [0.29, 0.717) is 15.5 Å². The van der Waals surface area contributed by atoms with Crippen molar-refractivity contribution < 1.29 is 0 Å². The molecule has 0 amide bonds. The summed E-state index contributed by atoms with van der Waals surface area (Å²) in [5.41, 5.74) is 2.42. The standard InChI is InChI=1S/C12H9N.C12H27P/c1-3-7-11-9(5-1)10-6-2-4-8-12(10)13-11;1-10(2,3)13(11(4,5)6)12(7,8)9/h1-8,13H;1-9H3. The number of rotatable bonds is 0. The predicted octanol–water partition coefficient (Wildman–Crippen LogP) is 8.18. The zero-order valence-electron chi connectivity index (χ0n) is 18.1. The quantitative estimate of drug-likeness (QED) is 0.384. The highest BCUT2D eigenvalue weighted by atomic mass is 31.1. The molecule has 26 heavy (non-hydrogen) atoms. The van der Waals surface area contributed by atoms with Crippen molar-refractivity contribution in [1.82, 2.24) is 4.98 Å². The molecule has 0 aliphatic rings. The number of aromatic amines is 1. The minimum absolute atomic E-state index is 0.0162. The summed E-state index contributed by atoms with van der Waals surface area (Å²) in [5.74, 6) is 0. The van der Waals surface area contributed by atoms with Crippen molar-refractivity contribution in [2.75, 3.05) is 0 Å². The molecule has 1 nitrogen and oxygen atoms in total. The second-order valence-corrected chi connectivity index (χ2v) is 14.8. The first kappa shape index (κ1) is 21.0. The van der Waals surface area contributed by atoms with E-state index >= 15 is 0 Å². The Morgan fingerprint density at radius 2 is 0.846 bits per heavy atom. The van der Waals surface area contributed by atoms with E-state index in [9.17, 15) is 0 Å². The van der Waals surface area contributed by atoms with Crippen LogP contribution in [0.2, 0.25) is 0 Å². The molecular weight excluding hydrogens is 333 g/mol.